The van der Waals surface area contributed by atoms with Crippen LogP contribution in [0.25, 0.3) is 0 Å². The maximum Gasteiger partial charge on any atom is 0.249 e. The van der Waals surface area contributed by atoms with Crippen LogP contribution in [0.3, 0.4) is 0 Å². The Bertz CT molecular complexity index is 769. The van der Waals surface area contributed by atoms with Crippen molar-refractivity contribution in [1.82, 2.24) is 14.8 Å². The number of rotatable bonds is 4. The van der Waals surface area contributed by atoms with Gasteiger partial charge >= 0.3 is 0 Å². The molecule has 1 unspecified atom stereocenters. The number of amides is 2. The number of carbonyl (C=O) groups is 2. The summed E-state index contributed by atoms with van der Waals surface area (Å²) in [6, 6.07) is 4.65. The average Bonchev–Trinajstić information content (AvgIpc) is 2.89. The number of carbonyl (C=O) groups excluding carboxylic acids is 2. The smallest absolute Gasteiger partial charge is 0.249 e. The lowest BCUT2D eigenvalue weighted by atomic mass is 10.1. The van der Waals surface area contributed by atoms with Gasteiger partial charge < -0.3 is 5.32 Å². The van der Waals surface area contributed by atoms with E-state index < -0.39 is 11.9 Å². The van der Waals surface area contributed by atoms with E-state index in [0.29, 0.717) is 23.9 Å². The SMILES string of the molecule is CC(C)Cc1nc2n(n1)C(C(=O)Nc1ccc(F)cc1)CC(=O)N2. The Kier molecular flexibility index (Phi) is 4.28. The molecule has 2 aromatic rings. The molecule has 2 heterocycles. The zero-order valence-corrected chi connectivity index (χ0v) is 13.4. The minimum absolute atomic E-state index is 0.0233. The number of benzene rings is 1. The number of aromatic nitrogens is 3. The molecule has 0 aliphatic carbocycles. The second kappa shape index (κ2) is 6.38. The third-order valence-electron chi connectivity index (χ3n) is 3.61. The van der Waals surface area contributed by atoms with Crippen molar-refractivity contribution in [2.24, 2.45) is 5.92 Å². The number of nitrogens with one attached hydrogen (secondary N) is 2. The summed E-state index contributed by atoms with van der Waals surface area (Å²) < 4.78 is 14.4. The zero-order chi connectivity index (χ0) is 17.3. The van der Waals surface area contributed by atoms with Gasteiger partial charge in [0.15, 0.2) is 5.82 Å². The Hall–Kier alpha value is -2.77. The highest BCUT2D eigenvalue weighted by Gasteiger charge is 2.33. The standard InChI is InChI=1S/C16H18FN5O2/c1-9(2)7-13-19-16-20-14(23)8-12(22(16)21-13)15(24)18-11-5-3-10(17)4-6-11/h3-6,9,12H,7-8H2,1-2H3,(H,18,24)(H,19,20,21,23). The molecule has 24 heavy (non-hydrogen) atoms. The van der Waals surface area contributed by atoms with Crippen LogP contribution in [0.1, 0.15) is 32.1 Å². The fourth-order valence-electron chi connectivity index (χ4n) is 2.52. The summed E-state index contributed by atoms with van der Waals surface area (Å²) in [5.74, 6) is 0.158. The van der Waals surface area contributed by atoms with Crippen molar-refractivity contribution >= 4 is 23.5 Å². The predicted octanol–water partition coefficient (Wildman–Crippen LogP) is 2.14. The molecule has 0 radical (unpaired) electrons. The van der Waals surface area contributed by atoms with E-state index in [1.54, 1.807) is 0 Å². The summed E-state index contributed by atoms with van der Waals surface area (Å²) in [5, 5.41) is 9.66. The Morgan fingerprint density at radius 2 is 2.12 bits per heavy atom. The van der Waals surface area contributed by atoms with Gasteiger partial charge in [-0.15, -0.1) is 0 Å². The van der Waals surface area contributed by atoms with Crippen molar-refractivity contribution in [2.75, 3.05) is 10.6 Å². The Balaban J connectivity index is 1.83. The zero-order valence-electron chi connectivity index (χ0n) is 13.4. The first-order chi connectivity index (χ1) is 11.4. The Morgan fingerprint density at radius 1 is 1.42 bits per heavy atom. The van der Waals surface area contributed by atoms with Crippen LogP contribution in [0.2, 0.25) is 0 Å². The van der Waals surface area contributed by atoms with Gasteiger partial charge in [0, 0.05) is 12.1 Å². The van der Waals surface area contributed by atoms with Crippen LogP contribution < -0.4 is 10.6 Å². The predicted molar refractivity (Wildman–Crippen MR) is 85.9 cm³/mol. The van der Waals surface area contributed by atoms with Gasteiger partial charge in [0.2, 0.25) is 17.8 Å². The van der Waals surface area contributed by atoms with E-state index in [0.717, 1.165) is 0 Å². The maximum absolute atomic E-state index is 12.9. The largest absolute Gasteiger partial charge is 0.324 e. The number of fused-ring (bicyclic) bond motifs is 1. The van der Waals surface area contributed by atoms with E-state index >= 15 is 0 Å². The molecule has 1 aromatic carbocycles. The van der Waals surface area contributed by atoms with E-state index in [4.69, 9.17) is 0 Å². The van der Waals surface area contributed by atoms with Crippen molar-refractivity contribution in [3.8, 4) is 0 Å². The molecule has 3 rings (SSSR count). The quantitative estimate of drug-likeness (QED) is 0.898. The summed E-state index contributed by atoms with van der Waals surface area (Å²) in [5.41, 5.74) is 0.455. The first-order valence-electron chi connectivity index (χ1n) is 7.74. The van der Waals surface area contributed by atoms with Crippen molar-refractivity contribution in [3.63, 3.8) is 0 Å². The lowest BCUT2D eigenvalue weighted by Crippen LogP contribution is -2.36. The molecule has 0 fully saturated rings. The molecular formula is C16H18FN5O2. The molecule has 1 atom stereocenters. The molecule has 8 heteroatoms. The number of nitrogens with zero attached hydrogens (tertiary/aromatic N) is 3. The van der Waals surface area contributed by atoms with Crippen LogP contribution in [-0.4, -0.2) is 26.6 Å². The number of hydrogen-bond donors (Lipinski definition) is 2. The fourth-order valence-corrected chi connectivity index (χ4v) is 2.52. The number of halogens is 1. The van der Waals surface area contributed by atoms with E-state index in [1.165, 1.54) is 28.9 Å². The Morgan fingerprint density at radius 3 is 2.79 bits per heavy atom. The second-order valence-corrected chi connectivity index (χ2v) is 6.16. The molecule has 2 N–H and O–H groups in total. The topological polar surface area (TPSA) is 88.9 Å². The van der Waals surface area contributed by atoms with Crippen LogP contribution in [-0.2, 0) is 16.0 Å². The second-order valence-electron chi connectivity index (χ2n) is 6.16. The molecule has 126 valence electrons. The average molecular weight is 331 g/mol. The normalized spacial score (nSPS) is 16.7. The highest BCUT2D eigenvalue weighted by atomic mass is 19.1. The maximum atomic E-state index is 12.9. The van der Waals surface area contributed by atoms with Crippen molar-refractivity contribution in [1.29, 1.82) is 0 Å². The minimum Gasteiger partial charge on any atom is -0.324 e. The van der Waals surface area contributed by atoms with Gasteiger partial charge in [-0.2, -0.15) is 10.1 Å². The minimum atomic E-state index is -0.785. The van der Waals surface area contributed by atoms with E-state index in [-0.39, 0.29) is 24.1 Å². The molecule has 7 nitrogen and oxygen atoms in total. The van der Waals surface area contributed by atoms with Crippen LogP contribution >= 0.6 is 0 Å². The molecule has 0 bridgehead atoms. The fraction of sp³-hybridized carbons (Fsp3) is 0.375. The first-order valence-corrected chi connectivity index (χ1v) is 7.74. The summed E-state index contributed by atoms with van der Waals surface area (Å²) in [6.07, 6.45) is 0.632. The van der Waals surface area contributed by atoms with Gasteiger partial charge in [-0.1, -0.05) is 13.8 Å². The summed E-state index contributed by atoms with van der Waals surface area (Å²) in [4.78, 5) is 28.6. The molecule has 0 saturated carbocycles. The molecule has 1 aromatic heterocycles. The van der Waals surface area contributed by atoms with E-state index in [9.17, 15) is 14.0 Å². The third-order valence-corrected chi connectivity index (χ3v) is 3.61. The number of anilines is 2. The van der Waals surface area contributed by atoms with Crippen LogP contribution in [0.5, 0.6) is 0 Å². The van der Waals surface area contributed by atoms with Gasteiger partial charge in [-0.3, -0.25) is 14.9 Å². The van der Waals surface area contributed by atoms with Gasteiger partial charge in [0.1, 0.15) is 11.9 Å². The van der Waals surface area contributed by atoms with Crippen LogP contribution in [0, 0.1) is 11.7 Å². The van der Waals surface area contributed by atoms with Crippen molar-refractivity contribution in [2.45, 2.75) is 32.7 Å². The van der Waals surface area contributed by atoms with Crippen molar-refractivity contribution < 1.29 is 14.0 Å². The van der Waals surface area contributed by atoms with Crippen LogP contribution in [0.4, 0.5) is 16.0 Å². The van der Waals surface area contributed by atoms with Gasteiger partial charge in [0.25, 0.3) is 0 Å². The highest BCUT2D eigenvalue weighted by molar-refractivity contribution is 6.00. The molecule has 1 aliphatic rings. The van der Waals surface area contributed by atoms with Gasteiger partial charge in [0.05, 0.1) is 6.42 Å². The number of hydrogen-bond acceptors (Lipinski definition) is 4. The highest BCUT2D eigenvalue weighted by Crippen LogP contribution is 2.25. The van der Waals surface area contributed by atoms with E-state index in [1.807, 2.05) is 13.8 Å². The van der Waals surface area contributed by atoms with Crippen LogP contribution in [0.15, 0.2) is 24.3 Å². The molecule has 0 spiro atoms. The van der Waals surface area contributed by atoms with Gasteiger partial charge in [-0.05, 0) is 30.2 Å². The third kappa shape index (κ3) is 3.42. The summed E-state index contributed by atoms with van der Waals surface area (Å²) in [7, 11) is 0. The summed E-state index contributed by atoms with van der Waals surface area (Å²) in [6.45, 7) is 4.08. The lowest BCUT2D eigenvalue weighted by Gasteiger charge is -2.22. The van der Waals surface area contributed by atoms with E-state index in [2.05, 4.69) is 20.7 Å². The van der Waals surface area contributed by atoms with Gasteiger partial charge in [-0.25, -0.2) is 9.07 Å². The molecule has 1 aliphatic heterocycles. The first kappa shape index (κ1) is 16.1. The summed E-state index contributed by atoms with van der Waals surface area (Å²) >= 11 is 0. The molecule has 0 saturated heterocycles. The molecule has 2 amide bonds. The molecular weight excluding hydrogens is 313 g/mol. The lowest BCUT2D eigenvalue weighted by molar-refractivity contribution is -0.125. The Labute approximate surface area is 138 Å². The van der Waals surface area contributed by atoms with Crippen molar-refractivity contribution in [3.05, 3.63) is 35.9 Å². The monoisotopic (exact) mass is 331 g/mol.